The standard InChI is InChI=1S/C20H30N4O/c1-4-24(5-2)20(25)22-14-10-16-15-7-6-8-17-19(15)13(11-21-17)9-18(16)23(3)12-14/h6-8,13-14,16,18,21H,4-5,9-12H2,1-3H3,(H,22,25)/t13?,14?,16-,18-/m1/s1. The summed E-state index contributed by atoms with van der Waals surface area (Å²) in [5.74, 6) is 1.17. The number of hydrogen-bond donors (Lipinski definition) is 2. The van der Waals surface area contributed by atoms with E-state index in [1.165, 1.54) is 17.7 Å². The summed E-state index contributed by atoms with van der Waals surface area (Å²) < 4.78 is 0. The fourth-order valence-corrected chi connectivity index (χ4v) is 5.23. The summed E-state index contributed by atoms with van der Waals surface area (Å²) >= 11 is 0. The third-order valence-electron chi connectivity index (χ3n) is 6.47. The molecular formula is C20H30N4O. The number of amides is 2. The van der Waals surface area contributed by atoms with Crippen molar-refractivity contribution < 1.29 is 4.79 Å². The van der Waals surface area contributed by atoms with E-state index in [9.17, 15) is 4.79 Å². The van der Waals surface area contributed by atoms with Gasteiger partial charge >= 0.3 is 6.03 Å². The number of piperidine rings is 1. The van der Waals surface area contributed by atoms with Gasteiger partial charge in [0, 0.05) is 55.8 Å². The molecule has 4 rings (SSSR count). The predicted octanol–water partition coefficient (Wildman–Crippen LogP) is 2.81. The van der Waals surface area contributed by atoms with E-state index < -0.39 is 0 Å². The average Bonchev–Trinajstić information content (AvgIpc) is 3.02. The smallest absolute Gasteiger partial charge is 0.317 e. The lowest BCUT2D eigenvalue weighted by molar-refractivity contribution is 0.108. The summed E-state index contributed by atoms with van der Waals surface area (Å²) in [6.45, 7) is 7.61. The molecule has 1 aromatic carbocycles. The molecule has 1 aliphatic carbocycles. The van der Waals surface area contributed by atoms with Gasteiger partial charge in [-0.1, -0.05) is 12.1 Å². The van der Waals surface area contributed by atoms with Crippen molar-refractivity contribution in [3.63, 3.8) is 0 Å². The van der Waals surface area contributed by atoms with Gasteiger partial charge in [0.25, 0.3) is 0 Å². The molecule has 0 radical (unpaired) electrons. The number of hydrogen-bond acceptors (Lipinski definition) is 3. The van der Waals surface area contributed by atoms with Gasteiger partial charge < -0.3 is 20.4 Å². The maximum Gasteiger partial charge on any atom is 0.317 e. The molecule has 25 heavy (non-hydrogen) atoms. The Morgan fingerprint density at radius 2 is 2.12 bits per heavy atom. The average molecular weight is 342 g/mol. The minimum absolute atomic E-state index is 0.0792. The molecule has 2 unspecified atom stereocenters. The van der Waals surface area contributed by atoms with Gasteiger partial charge in [-0.05, 0) is 50.9 Å². The monoisotopic (exact) mass is 342 g/mol. The van der Waals surface area contributed by atoms with E-state index in [0.717, 1.165) is 32.6 Å². The van der Waals surface area contributed by atoms with Crippen LogP contribution < -0.4 is 10.6 Å². The van der Waals surface area contributed by atoms with Crippen LogP contribution in [-0.4, -0.2) is 61.1 Å². The van der Waals surface area contributed by atoms with E-state index in [1.54, 1.807) is 5.56 Å². The number of carbonyl (C=O) groups is 1. The van der Waals surface area contributed by atoms with Gasteiger partial charge in [-0.25, -0.2) is 4.79 Å². The van der Waals surface area contributed by atoms with Crippen LogP contribution in [0.25, 0.3) is 0 Å². The van der Waals surface area contributed by atoms with Crippen molar-refractivity contribution in [1.82, 2.24) is 15.1 Å². The summed E-state index contributed by atoms with van der Waals surface area (Å²) in [5, 5.41) is 6.87. The first-order valence-electron chi connectivity index (χ1n) is 9.74. The Labute approximate surface area is 150 Å². The maximum atomic E-state index is 12.5. The lowest BCUT2D eigenvalue weighted by Crippen LogP contribution is -2.56. The minimum atomic E-state index is 0.0792. The largest absolute Gasteiger partial charge is 0.384 e. The van der Waals surface area contributed by atoms with Crippen LogP contribution in [0, 0.1) is 0 Å². The number of rotatable bonds is 3. The molecule has 1 fully saturated rings. The van der Waals surface area contributed by atoms with E-state index in [2.05, 4.69) is 40.8 Å². The van der Waals surface area contributed by atoms with Gasteiger partial charge in [0.1, 0.15) is 0 Å². The topological polar surface area (TPSA) is 47.6 Å². The fourth-order valence-electron chi connectivity index (χ4n) is 5.23. The first-order valence-corrected chi connectivity index (χ1v) is 9.74. The summed E-state index contributed by atoms with van der Waals surface area (Å²) in [6, 6.07) is 7.61. The normalized spacial score (nSPS) is 30.2. The summed E-state index contributed by atoms with van der Waals surface area (Å²) in [6.07, 6.45) is 2.28. The molecule has 1 aromatic rings. The zero-order valence-electron chi connectivity index (χ0n) is 15.6. The van der Waals surface area contributed by atoms with E-state index >= 15 is 0 Å². The minimum Gasteiger partial charge on any atom is -0.384 e. The van der Waals surface area contributed by atoms with Crippen LogP contribution in [0.2, 0.25) is 0 Å². The van der Waals surface area contributed by atoms with Gasteiger partial charge in [0.05, 0.1) is 0 Å². The first kappa shape index (κ1) is 16.7. The van der Waals surface area contributed by atoms with Gasteiger partial charge in [-0.2, -0.15) is 0 Å². The quantitative estimate of drug-likeness (QED) is 0.888. The highest BCUT2D eigenvalue weighted by Crippen LogP contribution is 2.49. The van der Waals surface area contributed by atoms with Gasteiger partial charge in [-0.15, -0.1) is 0 Å². The molecule has 0 spiro atoms. The van der Waals surface area contributed by atoms with Gasteiger partial charge in [0.15, 0.2) is 0 Å². The Balaban J connectivity index is 1.56. The number of anilines is 1. The molecule has 136 valence electrons. The predicted molar refractivity (Wildman–Crippen MR) is 101 cm³/mol. The summed E-state index contributed by atoms with van der Waals surface area (Å²) in [5.41, 5.74) is 4.39. The molecule has 2 aliphatic heterocycles. The molecule has 2 N–H and O–H groups in total. The van der Waals surface area contributed by atoms with E-state index in [-0.39, 0.29) is 12.1 Å². The highest BCUT2D eigenvalue weighted by Gasteiger charge is 2.44. The second-order valence-corrected chi connectivity index (χ2v) is 7.79. The van der Waals surface area contributed by atoms with Crippen LogP contribution in [0.5, 0.6) is 0 Å². The number of nitrogens with one attached hydrogen (secondary N) is 2. The van der Waals surface area contributed by atoms with Crippen LogP contribution in [0.4, 0.5) is 10.5 Å². The van der Waals surface area contributed by atoms with Crippen LogP contribution in [0.1, 0.15) is 49.7 Å². The van der Waals surface area contributed by atoms with Crippen molar-refractivity contribution in [3.05, 3.63) is 29.3 Å². The third-order valence-corrected chi connectivity index (χ3v) is 6.47. The fraction of sp³-hybridized carbons (Fsp3) is 0.650. The Morgan fingerprint density at radius 3 is 2.88 bits per heavy atom. The van der Waals surface area contributed by atoms with Crippen molar-refractivity contribution in [2.45, 2.75) is 50.6 Å². The van der Waals surface area contributed by atoms with Crippen LogP contribution >= 0.6 is 0 Å². The second-order valence-electron chi connectivity index (χ2n) is 7.79. The molecule has 0 bridgehead atoms. The molecule has 0 saturated carbocycles. The molecule has 5 nitrogen and oxygen atoms in total. The zero-order chi connectivity index (χ0) is 17.6. The number of urea groups is 1. The first-order chi connectivity index (χ1) is 12.1. The third kappa shape index (κ3) is 2.78. The Kier molecular flexibility index (Phi) is 4.36. The maximum absolute atomic E-state index is 12.5. The number of likely N-dealkylation sites (N-methyl/N-ethyl adjacent to an activating group) is 1. The highest BCUT2D eigenvalue weighted by atomic mass is 16.2. The second kappa shape index (κ2) is 6.52. The summed E-state index contributed by atoms with van der Waals surface area (Å²) in [7, 11) is 2.23. The van der Waals surface area contributed by atoms with Gasteiger partial charge in [-0.3, -0.25) is 0 Å². The number of likely N-dealkylation sites (tertiary alicyclic amines) is 1. The van der Waals surface area contributed by atoms with Gasteiger partial charge in [0.2, 0.25) is 0 Å². The molecule has 2 heterocycles. The van der Waals surface area contributed by atoms with Crippen LogP contribution in [-0.2, 0) is 0 Å². The number of fused-ring (bicyclic) bond motifs is 2. The Hall–Kier alpha value is -1.75. The van der Waals surface area contributed by atoms with Crippen molar-refractivity contribution in [1.29, 1.82) is 0 Å². The molecule has 0 aromatic heterocycles. The molecule has 5 heteroatoms. The highest BCUT2D eigenvalue weighted by molar-refractivity contribution is 5.74. The molecule has 4 atom stereocenters. The Bertz CT molecular complexity index is 657. The van der Waals surface area contributed by atoms with Crippen molar-refractivity contribution in [3.8, 4) is 0 Å². The number of nitrogens with zero attached hydrogens (tertiary/aromatic N) is 2. The van der Waals surface area contributed by atoms with Crippen molar-refractivity contribution in [2.24, 2.45) is 0 Å². The number of benzene rings is 1. The van der Waals surface area contributed by atoms with Crippen LogP contribution in [0.15, 0.2) is 18.2 Å². The van der Waals surface area contributed by atoms with Crippen molar-refractivity contribution >= 4 is 11.7 Å². The lowest BCUT2D eigenvalue weighted by atomic mass is 9.70. The van der Waals surface area contributed by atoms with E-state index in [1.807, 2.05) is 18.7 Å². The molecule has 2 amide bonds. The van der Waals surface area contributed by atoms with Crippen LogP contribution in [0.3, 0.4) is 0 Å². The number of carbonyl (C=O) groups excluding carboxylic acids is 1. The SMILES string of the molecule is CCN(CC)C(=O)NC1C[C@@H]2c3cccc4c3C(CN4)C[C@H]2N(C)C1. The lowest BCUT2D eigenvalue weighted by Gasteiger charge is -2.47. The van der Waals surface area contributed by atoms with Crippen molar-refractivity contribution in [2.75, 3.05) is 38.5 Å². The van der Waals surface area contributed by atoms with E-state index in [0.29, 0.717) is 17.9 Å². The Morgan fingerprint density at radius 1 is 1.32 bits per heavy atom. The molecule has 1 saturated heterocycles. The molecule has 3 aliphatic rings. The molecular weight excluding hydrogens is 312 g/mol. The zero-order valence-corrected chi connectivity index (χ0v) is 15.6. The summed E-state index contributed by atoms with van der Waals surface area (Å²) in [4.78, 5) is 16.8. The van der Waals surface area contributed by atoms with E-state index in [4.69, 9.17) is 0 Å².